The van der Waals surface area contributed by atoms with Crippen molar-refractivity contribution in [2.24, 2.45) is 0 Å². The van der Waals surface area contributed by atoms with Crippen LogP contribution in [0.2, 0.25) is 0 Å². The predicted molar refractivity (Wildman–Crippen MR) is 81.1 cm³/mol. The quantitative estimate of drug-likeness (QED) is 0.918. The van der Waals surface area contributed by atoms with Gasteiger partial charge in [0.15, 0.2) is 5.13 Å². The van der Waals surface area contributed by atoms with Crippen LogP contribution in [0.15, 0.2) is 24.3 Å². The molecule has 1 heterocycles. The maximum absolute atomic E-state index is 9.46. The summed E-state index contributed by atoms with van der Waals surface area (Å²) in [6.45, 7) is 0.0833. The van der Waals surface area contributed by atoms with Crippen LogP contribution in [-0.2, 0) is 6.61 Å². The Kier molecular flexibility index (Phi) is 3.63. The summed E-state index contributed by atoms with van der Waals surface area (Å²) in [4.78, 5) is 7.77. The highest BCUT2D eigenvalue weighted by Gasteiger charge is 2.30. The molecule has 4 nitrogen and oxygen atoms in total. The third-order valence-corrected chi connectivity index (χ3v) is 4.70. The van der Waals surface area contributed by atoms with Crippen molar-refractivity contribution in [2.45, 2.75) is 25.4 Å². The van der Waals surface area contributed by atoms with Gasteiger partial charge >= 0.3 is 0 Å². The van der Waals surface area contributed by atoms with Crippen LogP contribution >= 0.6 is 11.3 Å². The highest BCUT2D eigenvalue weighted by Crippen LogP contribution is 2.44. The Morgan fingerprint density at radius 1 is 1.35 bits per heavy atom. The van der Waals surface area contributed by atoms with Crippen LogP contribution in [0.5, 0.6) is 5.75 Å². The fourth-order valence-electron chi connectivity index (χ4n) is 2.20. The van der Waals surface area contributed by atoms with E-state index in [4.69, 9.17) is 9.72 Å². The molecule has 0 amide bonds. The van der Waals surface area contributed by atoms with Gasteiger partial charge in [-0.25, -0.2) is 4.98 Å². The molecule has 1 aliphatic carbocycles. The number of aromatic nitrogens is 1. The van der Waals surface area contributed by atoms with E-state index in [2.05, 4.69) is 4.90 Å². The van der Waals surface area contributed by atoms with E-state index in [1.54, 1.807) is 18.4 Å². The summed E-state index contributed by atoms with van der Waals surface area (Å²) in [7, 11) is 3.66. The van der Waals surface area contributed by atoms with Gasteiger partial charge in [0.1, 0.15) is 5.75 Å². The lowest BCUT2D eigenvalue weighted by Gasteiger charge is -2.16. The number of aliphatic hydroxyl groups is 1. The molecule has 0 radical (unpaired) electrons. The van der Waals surface area contributed by atoms with E-state index < -0.39 is 0 Å². The van der Waals surface area contributed by atoms with Crippen LogP contribution in [0, 0.1) is 0 Å². The fourth-order valence-corrected chi connectivity index (χ4v) is 3.19. The molecule has 2 aromatic rings. The number of hydrogen-bond donors (Lipinski definition) is 1. The Labute approximate surface area is 122 Å². The Balaban J connectivity index is 1.87. The Hall–Kier alpha value is -1.59. The number of methoxy groups -OCH3 is 1. The van der Waals surface area contributed by atoms with Crippen LogP contribution in [0.3, 0.4) is 0 Å². The smallest absolute Gasteiger partial charge is 0.190 e. The lowest BCUT2D eigenvalue weighted by Crippen LogP contribution is -2.08. The molecule has 106 valence electrons. The number of benzene rings is 1. The molecule has 5 heteroatoms. The van der Waals surface area contributed by atoms with Crippen molar-refractivity contribution >= 4 is 22.2 Å². The van der Waals surface area contributed by atoms with E-state index in [9.17, 15) is 5.11 Å². The van der Waals surface area contributed by atoms with Crippen LogP contribution in [-0.4, -0.2) is 24.2 Å². The van der Waals surface area contributed by atoms with E-state index in [-0.39, 0.29) is 6.61 Å². The number of aliphatic hydroxyl groups excluding tert-OH is 1. The van der Waals surface area contributed by atoms with E-state index in [1.165, 1.54) is 12.8 Å². The maximum atomic E-state index is 9.46. The SMILES string of the molecule is COc1ccc(N(C)c2nc(C3CC3)c(CO)s2)cc1. The third kappa shape index (κ3) is 2.51. The molecule has 0 saturated heterocycles. The van der Waals surface area contributed by atoms with Gasteiger partial charge in [-0.2, -0.15) is 0 Å². The second-order valence-electron chi connectivity index (χ2n) is 4.99. The van der Waals surface area contributed by atoms with E-state index in [0.717, 1.165) is 27.1 Å². The van der Waals surface area contributed by atoms with Gasteiger partial charge in [0, 0.05) is 18.7 Å². The van der Waals surface area contributed by atoms with Gasteiger partial charge in [-0.3, -0.25) is 0 Å². The maximum Gasteiger partial charge on any atom is 0.190 e. The number of hydrogen-bond acceptors (Lipinski definition) is 5. The van der Waals surface area contributed by atoms with Gasteiger partial charge in [-0.1, -0.05) is 11.3 Å². The summed E-state index contributed by atoms with van der Waals surface area (Å²) in [5, 5.41) is 10.4. The molecule has 1 aliphatic rings. The first-order chi connectivity index (χ1) is 9.72. The molecule has 3 rings (SSSR count). The van der Waals surface area contributed by atoms with E-state index in [1.807, 2.05) is 31.3 Å². The fraction of sp³-hybridized carbons (Fsp3) is 0.400. The molecule has 0 atom stereocenters. The molecule has 0 unspecified atom stereocenters. The van der Waals surface area contributed by atoms with Crippen molar-refractivity contribution in [3.8, 4) is 5.75 Å². The first kappa shape index (κ1) is 13.4. The van der Waals surface area contributed by atoms with Crippen LogP contribution < -0.4 is 9.64 Å². The standard InChI is InChI=1S/C15H18N2O2S/c1-17(11-5-7-12(19-2)8-6-11)15-16-14(10-3-4-10)13(9-18)20-15/h5-8,10,18H,3-4,9H2,1-2H3. The van der Waals surface area contributed by atoms with Crippen molar-refractivity contribution in [2.75, 3.05) is 19.1 Å². The highest BCUT2D eigenvalue weighted by molar-refractivity contribution is 7.15. The second kappa shape index (κ2) is 5.42. The van der Waals surface area contributed by atoms with Crippen molar-refractivity contribution in [1.29, 1.82) is 0 Å². The van der Waals surface area contributed by atoms with Gasteiger partial charge in [0.25, 0.3) is 0 Å². The minimum absolute atomic E-state index is 0.0833. The van der Waals surface area contributed by atoms with Crippen LogP contribution in [0.4, 0.5) is 10.8 Å². The molecular formula is C15H18N2O2S. The second-order valence-corrected chi connectivity index (χ2v) is 6.06. The highest BCUT2D eigenvalue weighted by atomic mass is 32.1. The minimum atomic E-state index is 0.0833. The zero-order valence-corrected chi connectivity index (χ0v) is 12.5. The van der Waals surface area contributed by atoms with Crippen molar-refractivity contribution in [3.05, 3.63) is 34.8 Å². The minimum Gasteiger partial charge on any atom is -0.497 e. The van der Waals surface area contributed by atoms with Gasteiger partial charge in [-0.15, -0.1) is 0 Å². The van der Waals surface area contributed by atoms with Crippen molar-refractivity contribution in [3.63, 3.8) is 0 Å². The average molecular weight is 290 g/mol. The number of nitrogens with zero attached hydrogens (tertiary/aromatic N) is 2. The molecule has 20 heavy (non-hydrogen) atoms. The molecule has 1 aromatic carbocycles. The molecule has 0 bridgehead atoms. The largest absolute Gasteiger partial charge is 0.497 e. The first-order valence-electron chi connectivity index (χ1n) is 6.71. The topological polar surface area (TPSA) is 45.6 Å². The third-order valence-electron chi connectivity index (χ3n) is 3.57. The summed E-state index contributed by atoms with van der Waals surface area (Å²) in [5.41, 5.74) is 2.15. The van der Waals surface area contributed by atoms with Crippen LogP contribution in [0.1, 0.15) is 29.3 Å². The molecule has 1 aromatic heterocycles. The van der Waals surface area contributed by atoms with Gasteiger partial charge in [-0.05, 0) is 37.1 Å². The lowest BCUT2D eigenvalue weighted by atomic mass is 10.2. The molecule has 1 saturated carbocycles. The molecule has 1 fully saturated rings. The monoisotopic (exact) mass is 290 g/mol. The van der Waals surface area contributed by atoms with E-state index in [0.29, 0.717) is 5.92 Å². The van der Waals surface area contributed by atoms with Crippen molar-refractivity contribution in [1.82, 2.24) is 4.98 Å². The van der Waals surface area contributed by atoms with Gasteiger partial charge in [0.2, 0.25) is 0 Å². The zero-order valence-electron chi connectivity index (χ0n) is 11.7. The number of anilines is 2. The van der Waals surface area contributed by atoms with Gasteiger partial charge < -0.3 is 14.7 Å². The molecule has 0 spiro atoms. The molecule has 0 aliphatic heterocycles. The summed E-state index contributed by atoms with van der Waals surface area (Å²) in [6, 6.07) is 7.90. The molecular weight excluding hydrogens is 272 g/mol. The number of thiazole rings is 1. The summed E-state index contributed by atoms with van der Waals surface area (Å²) in [6.07, 6.45) is 2.39. The Morgan fingerprint density at radius 2 is 2.05 bits per heavy atom. The zero-order chi connectivity index (χ0) is 14.1. The average Bonchev–Trinajstić information content (AvgIpc) is 3.25. The van der Waals surface area contributed by atoms with Gasteiger partial charge in [0.05, 0.1) is 24.3 Å². The first-order valence-corrected chi connectivity index (χ1v) is 7.53. The number of ether oxygens (including phenoxy) is 1. The lowest BCUT2D eigenvalue weighted by molar-refractivity contribution is 0.284. The van der Waals surface area contributed by atoms with E-state index >= 15 is 0 Å². The predicted octanol–water partition coefficient (Wildman–Crippen LogP) is 3.29. The van der Waals surface area contributed by atoms with Crippen LogP contribution in [0.25, 0.3) is 0 Å². The Morgan fingerprint density at radius 3 is 2.60 bits per heavy atom. The Bertz CT molecular complexity index is 590. The summed E-state index contributed by atoms with van der Waals surface area (Å²) >= 11 is 1.57. The summed E-state index contributed by atoms with van der Waals surface area (Å²) in [5.74, 6) is 1.41. The summed E-state index contributed by atoms with van der Waals surface area (Å²) < 4.78 is 5.17. The number of rotatable bonds is 5. The molecule has 1 N–H and O–H groups in total. The normalized spacial score (nSPS) is 14.3. The van der Waals surface area contributed by atoms with Crippen molar-refractivity contribution < 1.29 is 9.84 Å².